The number of rotatable bonds is 8. The van der Waals surface area contributed by atoms with Crippen LogP contribution in [0.3, 0.4) is 0 Å². The van der Waals surface area contributed by atoms with Gasteiger partial charge in [-0.25, -0.2) is 8.78 Å². The minimum Gasteiger partial charge on any atom is -0.494 e. The Balaban J connectivity index is 1.36. The van der Waals surface area contributed by atoms with Gasteiger partial charge < -0.3 is 4.74 Å². The Morgan fingerprint density at radius 1 is 0.958 bits per heavy atom. The first kappa shape index (κ1) is 33.7. The molecule has 0 spiro atoms. The lowest BCUT2D eigenvalue weighted by atomic mass is 9.92. The number of thioether (sulfide) groups is 1. The van der Waals surface area contributed by atoms with Crippen LogP contribution in [0.25, 0.3) is 11.1 Å². The van der Waals surface area contributed by atoms with Crippen molar-refractivity contribution in [2.24, 2.45) is 0 Å². The van der Waals surface area contributed by atoms with E-state index >= 15 is 8.78 Å². The molecule has 0 saturated carbocycles. The first-order valence-corrected chi connectivity index (χ1v) is 16.5. The molecule has 1 saturated heterocycles. The number of piperazine rings is 1. The second-order valence-corrected chi connectivity index (χ2v) is 13.0. The van der Waals surface area contributed by atoms with Crippen molar-refractivity contribution in [2.45, 2.75) is 37.1 Å². The minimum absolute atomic E-state index is 0.0172. The molecule has 250 valence electrons. The molecule has 4 aromatic rings. The van der Waals surface area contributed by atoms with Gasteiger partial charge in [0.15, 0.2) is 11.6 Å². The zero-order valence-electron chi connectivity index (χ0n) is 26.4. The van der Waals surface area contributed by atoms with Crippen LogP contribution in [0.2, 0.25) is 0 Å². The van der Waals surface area contributed by atoms with E-state index in [-0.39, 0.29) is 22.9 Å². The van der Waals surface area contributed by atoms with Gasteiger partial charge >= 0.3 is 6.18 Å². The molecule has 3 aromatic carbocycles. The normalized spacial score (nSPS) is 16.9. The third kappa shape index (κ3) is 6.46. The molecule has 1 atom stereocenters. The summed E-state index contributed by atoms with van der Waals surface area (Å²) in [5.41, 5.74) is 0.189. The van der Waals surface area contributed by atoms with E-state index in [0.717, 1.165) is 36.9 Å². The highest BCUT2D eigenvalue weighted by atomic mass is 32.2. The Morgan fingerprint density at radius 2 is 1.67 bits per heavy atom. The summed E-state index contributed by atoms with van der Waals surface area (Å²) >= 11 is 1.35. The van der Waals surface area contributed by atoms with Crippen LogP contribution < -0.4 is 10.3 Å². The van der Waals surface area contributed by atoms with Crippen LogP contribution in [0.5, 0.6) is 5.75 Å². The fourth-order valence-corrected chi connectivity index (χ4v) is 8.08. The zero-order chi connectivity index (χ0) is 34.2. The van der Waals surface area contributed by atoms with Gasteiger partial charge in [-0.15, -0.1) is 11.8 Å². The SMILES string of the molecule is COc1cccc(-c2c(C)c(Cc3c(F)cccc3C(F)(F)F)c3n(c2=O)C(CN2CCN(Cc4ccccc4C#N)CC2)CS3)c1F. The quantitative estimate of drug-likeness (QED) is 0.186. The Hall–Kier alpha value is -4.18. The number of alkyl halides is 3. The Labute approximate surface area is 279 Å². The van der Waals surface area contributed by atoms with Gasteiger partial charge in [-0.3, -0.25) is 19.2 Å². The van der Waals surface area contributed by atoms with Crippen LogP contribution in [0, 0.1) is 29.9 Å². The Morgan fingerprint density at radius 3 is 2.38 bits per heavy atom. The number of hydrogen-bond donors (Lipinski definition) is 0. The predicted octanol–water partition coefficient (Wildman–Crippen LogP) is 7.06. The summed E-state index contributed by atoms with van der Waals surface area (Å²) in [5, 5.41) is 9.94. The molecule has 2 aliphatic heterocycles. The summed E-state index contributed by atoms with van der Waals surface area (Å²) in [4.78, 5) is 18.8. The number of methoxy groups -OCH3 is 1. The fraction of sp³-hybridized carbons (Fsp3) is 0.333. The number of fused-ring (bicyclic) bond motifs is 1. The number of pyridine rings is 1. The van der Waals surface area contributed by atoms with Crippen LogP contribution >= 0.6 is 11.8 Å². The first-order chi connectivity index (χ1) is 23.0. The zero-order valence-corrected chi connectivity index (χ0v) is 27.2. The molecule has 0 aliphatic carbocycles. The summed E-state index contributed by atoms with van der Waals surface area (Å²) in [6.45, 7) is 5.63. The van der Waals surface area contributed by atoms with Gasteiger partial charge in [0, 0.05) is 62.6 Å². The monoisotopic (exact) mass is 680 g/mol. The molecule has 0 N–H and O–H groups in total. The Kier molecular flexibility index (Phi) is 9.65. The summed E-state index contributed by atoms with van der Waals surface area (Å²) in [5.74, 6) is -1.36. The third-order valence-corrected chi connectivity index (χ3v) is 10.5. The fourth-order valence-electron chi connectivity index (χ4n) is 6.71. The molecule has 0 radical (unpaired) electrons. The number of nitrogens with zero attached hydrogens (tertiary/aromatic N) is 4. The second kappa shape index (κ2) is 13.7. The topological polar surface area (TPSA) is 61.5 Å². The van der Waals surface area contributed by atoms with Gasteiger partial charge in [0.1, 0.15) is 5.82 Å². The number of nitriles is 1. The maximum absolute atomic E-state index is 15.7. The van der Waals surface area contributed by atoms with Crippen molar-refractivity contribution in [3.05, 3.63) is 116 Å². The molecule has 0 amide bonds. The smallest absolute Gasteiger partial charge is 0.416 e. The second-order valence-electron chi connectivity index (χ2n) is 12.0. The molecule has 12 heteroatoms. The van der Waals surface area contributed by atoms with E-state index in [1.165, 1.54) is 31.0 Å². The molecule has 6 rings (SSSR count). The number of benzene rings is 3. The number of hydrogen-bond acceptors (Lipinski definition) is 6. The average molecular weight is 681 g/mol. The van der Waals surface area contributed by atoms with E-state index in [1.807, 2.05) is 18.2 Å². The van der Waals surface area contributed by atoms with Crippen molar-refractivity contribution >= 4 is 11.8 Å². The largest absolute Gasteiger partial charge is 0.494 e. The van der Waals surface area contributed by atoms with E-state index in [4.69, 9.17) is 4.74 Å². The number of aromatic nitrogens is 1. The minimum atomic E-state index is -4.80. The van der Waals surface area contributed by atoms with Crippen LogP contribution in [-0.2, 0) is 19.1 Å². The van der Waals surface area contributed by atoms with Crippen molar-refractivity contribution in [2.75, 3.05) is 45.6 Å². The van der Waals surface area contributed by atoms with Crippen LogP contribution in [-0.4, -0.2) is 60.0 Å². The van der Waals surface area contributed by atoms with Gasteiger partial charge in [-0.05, 0) is 47.9 Å². The molecule has 0 bridgehead atoms. The highest BCUT2D eigenvalue weighted by molar-refractivity contribution is 7.99. The highest BCUT2D eigenvalue weighted by Crippen LogP contribution is 2.42. The van der Waals surface area contributed by atoms with Crippen molar-refractivity contribution < 1.29 is 26.7 Å². The molecule has 3 heterocycles. The van der Waals surface area contributed by atoms with Gasteiger partial charge in [0.25, 0.3) is 5.56 Å². The number of ether oxygens (including phenoxy) is 1. The average Bonchev–Trinajstić information content (AvgIpc) is 3.48. The van der Waals surface area contributed by atoms with E-state index in [2.05, 4.69) is 15.9 Å². The van der Waals surface area contributed by atoms with Crippen LogP contribution in [0.4, 0.5) is 22.0 Å². The van der Waals surface area contributed by atoms with Gasteiger partial charge in [0.05, 0.1) is 40.9 Å². The predicted molar refractivity (Wildman–Crippen MR) is 174 cm³/mol. The van der Waals surface area contributed by atoms with E-state index in [0.29, 0.717) is 53.6 Å². The van der Waals surface area contributed by atoms with Gasteiger partial charge in [-0.2, -0.15) is 18.4 Å². The van der Waals surface area contributed by atoms with E-state index in [9.17, 15) is 23.2 Å². The number of halogens is 5. The van der Waals surface area contributed by atoms with E-state index in [1.54, 1.807) is 23.6 Å². The molecule has 6 nitrogen and oxygen atoms in total. The summed E-state index contributed by atoms with van der Waals surface area (Å²) in [7, 11) is 1.31. The summed E-state index contributed by atoms with van der Waals surface area (Å²) in [6.07, 6.45) is -5.22. The lowest BCUT2D eigenvalue weighted by Crippen LogP contribution is -2.48. The molecule has 48 heavy (non-hydrogen) atoms. The van der Waals surface area contributed by atoms with Gasteiger partial charge in [0.2, 0.25) is 0 Å². The molecule has 1 aromatic heterocycles. The summed E-state index contributed by atoms with van der Waals surface area (Å²) in [6, 6.07) is 16.7. The lowest BCUT2D eigenvalue weighted by Gasteiger charge is -2.36. The van der Waals surface area contributed by atoms with Crippen LogP contribution in [0.15, 0.2) is 70.5 Å². The van der Waals surface area contributed by atoms with Crippen LogP contribution in [0.1, 0.15) is 39.4 Å². The van der Waals surface area contributed by atoms with Crippen molar-refractivity contribution in [1.29, 1.82) is 5.26 Å². The molecular weight excluding hydrogens is 647 g/mol. The van der Waals surface area contributed by atoms with Crippen molar-refractivity contribution in [3.63, 3.8) is 0 Å². The van der Waals surface area contributed by atoms with Crippen molar-refractivity contribution in [1.82, 2.24) is 14.4 Å². The maximum Gasteiger partial charge on any atom is 0.416 e. The highest BCUT2D eigenvalue weighted by Gasteiger charge is 2.37. The molecule has 1 unspecified atom stereocenters. The lowest BCUT2D eigenvalue weighted by molar-refractivity contribution is -0.138. The Bertz CT molecular complexity index is 1950. The standard InChI is InChI=1S/C36H33F5N4O2S/c1-22-27(17-28-29(36(39,40)41)10-6-11-30(28)37)35-45(34(46)32(22)26-9-5-12-31(47-2)33(26)38)25(21-48-35)20-44-15-13-43(14-16-44)19-24-8-4-3-7-23(24)18-42/h3-12,25H,13-17,19-21H2,1-2H3. The maximum atomic E-state index is 15.7. The van der Waals surface area contributed by atoms with Crippen molar-refractivity contribution in [3.8, 4) is 22.9 Å². The molecule has 2 aliphatic rings. The van der Waals surface area contributed by atoms with Gasteiger partial charge in [-0.1, -0.05) is 36.4 Å². The summed E-state index contributed by atoms with van der Waals surface area (Å²) < 4.78 is 79.7. The molecular formula is C36H33F5N4O2S. The molecule has 1 fully saturated rings. The first-order valence-electron chi connectivity index (χ1n) is 15.5. The third-order valence-electron chi connectivity index (χ3n) is 9.21. The van der Waals surface area contributed by atoms with E-state index < -0.39 is 40.9 Å².